The molecule has 0 aromatic heterocycles. The smallest absolute Gasteiger partial charge is 0.118 e. The molecule has 1 aliphatic heterocycles. The van der Waals surface area contributed by atoms with Gasteiger partial charge in [0, 0.05) is 18.5 Å². The minimum absolute atomic E-state index is 0.334. The van der Waals surface area contributed by atoms with E-state index in [2.05, 4.69) is 59.9 Å². The summed E-state index contributed by atoms with van der Waals surface area (Å²) in [6, 6.07) is 19.4. The van der Waals surface area contributed by atoms with E-state index in [4.69, 9.17) is 4.74 Å². The molecule has 0 amide bonds. The number of hydrogen-bond donors (Lipinski definition) is 1. The molecule has 2 nitrogen and oxygen atoms in total. The van der Waals surface area contributed by atoms with E-state index in [9.17, 15) is 0 Å². The van der Waals surface area contributed by atoms with Gasteiger partial charge in [-0.15, -0.1) is 0 Å². The molecule has 2 aromatic carbocycles. The SMILES string of the molecule is COc1ccc([C@@H](c2ccccc2)[C@H]2C=CCN2)cc1. The van der Waals surface area contributed by atoms with Crippen LogP contribution < -0.4 is 10.1 Å². The second kappa shape index (κ2) is 5.93. The summed E-state index contributed by atoms with van der Waals surface area (Å²) in [6.45, 7) is 0.949. The predicted octanol–water partition coefficient (Wildman–Crippen LogP) is 3.36. The van der Waals surface area contributed by atoms with Crippen molar-refractivity contribution >= 4 is 0 Å². The average Bonchev–Trinajstić information content (AvgIpc) is 3.03. The third kappa shape index (κ3) is 2.61. The van der Waals surface area contributed by atoms with Crippen LogP contribution in [0.1, 0.15) is 17.0 Å². The van der Waals surface area contributed by atoms with Gasteiger partial charge in [-0.3, -0.25) is 0 Å². The van der Waals surface area contributed by atoms with Crippen LogP contribution in [0.2, 0.25) is 0 Å². The third-order valence-electron chi connectivity index (χ3n) is 3.81. The molecule has 2 heteroatoms. The average molecular weight is 265 g/mol. The van der Waals surface area contributed by atoms with E-state index >= 15 is 0 Å². The second-order valence-electron chi connectivity index (χ2n) is 5.02. The summed E-state index contributed by atoms with van der Waals surface area (Å²) in [5, 5.41) is 3.54. The van der Waals surface area contributed by atoms with Crippen LogP contribution >= 0.6 is 0 Å². The third-order valence-corrected chi connectivity index (χ3v) is 3.81. The standard InChI is InChI=1S/C18H19NO/c1-20-16-11-9-15(10-12-16)18(17-8-5-13-19-17)14-6-3-2-4-7-14/h2-12,17-19H,13H2,1H3/t17-,18-/m1/s1. The van der Waals surface area contributed by atoms with Crippen LogP contribution in [0.4, 0.5) is 0 Å². The maximum absolute atomic E-state index is 5.25. The molecule has 0 fully saturated rings. The molecule has 0 saturated carbocycles. The lowest BCUT2D eigenvalue weighted by Gasteiger charge is -2.24. The van der Waals surface area contributed by atoms with E-state index in [0.29, 0.717) is 12.0 Å². The highest BCUT2D eigenvalue weighted by Gasteiger charge is 2.24. The van der Waals surface area contributed by atoms with Crippen molar-refractivity contribution in [2.24, 2.45) is 0 Å². The van der Waals surface area contributed by atoms with Gasteiger partial charge in [-0.25, -0.2) is 0 Å². The van der Waals surface area contributed by atoms with Crippen LogP contribution in [0.3, 0.4) is 0 Å². The zero-order valence-electron chi connectivity index (χ0n) is 11.6. The fraction of sp³-hybridized carbons (Fsp3) is 0.222. The van der Waals surface area contributed by atoms with Crippen molar-refractivity contribution in [2.45, 2.75) is 12.0 Å². The molecule has 2 atom stereocenters. The molecule has 0 bridgehead atoms. The predicted molar refractivity (Wildman–Crippen MR) is 82.2 cm³/mol. The van der Waals surface area contributed by atoms with Gasteiger partial charge < -0.3 is 10.1 Å². The van der Waals surface area contributed by atoms with E-state index in [1.54, 1.807) is 7.11 Å². The summed E-state index contributed by atoms with van der Waals surface area (Å²) in [4.78, 5) is 0. The van der Waals surface area contributed by atoms with Gasteiger partial charge in [0.15, 0.2) is 0 Å². The summed E-state index contributed by atoms with van der Waals surface area (Å²) in [5.74, 6) is 1.23. The minimum atomic E-state index is 0.334. The molecular formula is C18H19NO. The fourth-order valence-electron chi connectivity index (χ4n) is 2.79. The summed E-state index contributed by atoms with van der Waals surface area (Å²) in [6.07, 6.45) is 4.46. The van der Waals surface area contributed by atoms with E-state index in [1.807, 2.05) is 12.1 Å². The van der Waals surface area contributed by atoms with Gasteiger partial charge in [0.2, 0.25) is 0 Å². The molecule has 0 radical (unpaired) electrons. The summed E-state index contributed by atoms with van der Waals surface area (Å²) in [7, 11) is 1.70. The van der Waals surface area contributed by atoms with Gasteiger partial charge in [-0.2, -0.15) is 0 Å². The zero-order valence-corrected chi connectivity index (χ0v) is 11.6. The van der Waals surface area contributed by atoms with Gasteiger partial charge in [0.1, 0.15) is 5.75 Å². The molecule has 2 aromatic rings. The van der Waals surface area contributed by atoms with E-state index < -0.39 is 0 Å². The van der Waals surface area contributed by atoms with E-state index in [0.717, 1.165) is 12.3 Å². The number of hydrogen-bond acceptors (Lipinski definition) is 2. The Balaban J connectivity index is 1.98. The Labute approximate surface area is 120 Å². The normalized spacial score (nSPS) is 18.9. The first-order valence-electron chi connectivity index (χ1n) is 6.97. The van der Waals surface area contributed by atoms with Crippen molar-refractivity contribution in [2.75, 3.05) is 13.7 Å². The monoisotopic (exact) mass is 265 g/mol. The molecule has 20 heavy (non-hydrogen) atoms. The first-order chi connectivity index (χ1) is 9.88. The highest BCUT2D eigenvalue weighted by molar-refractivity contribution is 5.39. The Kier molecular flexibility index (Phi) is 3.84. The van der Waals surface area contributed by atoms with Crippen molar-refractivity contribution in [1.82, 2.24) is 5.32 Å². The van der Waals surface area contributed by atoms with Gasteiger partial charge >= 0.3 is 0 Å². The largest absolute Gasteiger partial charge is 0.497 e. The number of benzene rings is 2. The molecule has 1 aliphatic rings. The molecule has 0 unspecified atom stereocenters. The topological polar surface area (TPSA) is 21.3 Å². The summed E-state index contributed by atoms with van der Waals surface area (Å²) in [5.41, 5.74) is 2.64. The summed E-state index contributed by atoms with van der Waals surface area (Å²) >= 11 is 0. The quantitative estimate of drug-likeness (QED) is 0.856. The van der Waals surface area contributed by atoms with Crippen molar-refractivity contribution in [1.29, 1.82) is 0 Å². The Morgan fingerprint density at radius 3 is 2.30 bits per heavy atom. The molecule has 0 spiro atoms. The highest BCUT2D eigenvalue weighted by atomic mass is 16.5. The second-order valence-corrected chi connectivity index (χ2v) is 5.02. The minimum Gasteiger partial charge on any atom is -0.497 e. The van der Waals surface area contributed by atoms with Crippen LogP contribution in [0.5, 0.6) is 5.75 Å². The van der Waals surface area contributed by atoms with Crippen LogP contribution in [0.25, 0.3) is 0 Å². The van der Waals surface area contributed by atoms with Crippen molar-refractivity contribution in [3.8, 4) is 5.75 Å². The van der Waals surface area contributed by atoms with Crippen molar-refractivity contribution in [3.63, 3.8) is 0 Å². The van der Waals surface area contributed by atoms with Crippen LogP contribution in [0.15, 0.2) is 66.7 Å². The first-order valence-corrected chi connectivity index (χ1v) is 6.97. The maximum atomic E-state index is 5.25. The van der Waals surface area contributed by atoms with E-state index in [1.165, 1.54) is 11.1 Å². The van der Waals surface area contributed by atoms with Crippen LogP contribution in [0, 0.1) is 0 Å². The Morgan fingerprint density at radius 1 is 1.00 bits per heavy atom. The molecule has 3 rings (SSSR count). The van der Waals surface area contributed by atoms with Crippen LogP contribution in [-0.2, 0) is 0 Å². The summed E-state index contributed by atoms with van der Waals surface area (Å²) < 4.78 is 5.25. The molecular weight excluding hydrogens is 246 g/mol. The molecule has 1 heterocycles. The highest BCUT2D eigenvalue weighted by Crippen LogP contribution is 2.31. The lowest BCUT2D eigenvalue weighted by molar-refractivity contribution is 0.414. The zero-order chi connectivity index (χ0) is 13.8. The number of rotatable bonds is 4. The fourth-order valence-corrected chi connectivity index (χ4v) is 2.79. The molecule has 0 saturated heterocycles. The van der Waals surface area contributed by atoms with Gasteiger partial charge in [-0.1, -0.05) is 54.6 Å². The molecule has 0 aliphatic carbocycles. The number of ether oxygens (including phenoxy) is 1. The number of methoxy groups -OCH3 is 1. The number of nitrogens with one attached hydrogen (secondary N) is 1. The van der Waals surface area contributed by atoms with Crippen molar-refractivity contribution in [3.05, 3.63) is 77.9 Å². The first kappa shape index (κ1) is 12.9. The molecule has 1 N–H and O–H groups in total. The van der Waals surface area contributed by atoms with Crippen LogP contribution in [-0.4, -0.2) is 19.7 Å². The Hall–Kier alpha value is -2.06. The molecule has 102 valence electrons. The Bertz CT molecular complexity index is 574. The van der Waals surface area contributed by atoms with Gasteiger partial charge in [0.25, 0.3) is 0 Å². The van der Waals surface area contributed by atoms with Gasteiger partial charge in [-0.05, 0) is 23.3 Å². The lowest BCUT2D eigenvalue weighted by Crippen LogP contribution is -2.29. The van der Waals surface area contributed by atoms with Gasteiger partial charge in [0.05, 0.1) is 7.11 Å². The van der Waals surface area contributed by atoms with Crippen molar-refractivity contribution < 1.29 is 4.74 Å². The lowest BCUT2D eigenvalue weighted by atomic mass is 9.85. The maximum Gasteiger partial charge on any atom is 0.118 e. The Morgan fingerprint density at radius 2 is 1.70 bits per heavy atom. The van der Waals surface area contributed by atoms with E-state index in [-0.39, 0.29) is 0 Å².